The fourth-order valence-electron chi connectivity index (χ4n) is 0.990. The Morgan fingerprint density at radius 2 is 2.00 bits per heavy atom. The van der Waals surface area contributed by atoms with Gasteiger partial charge < -0.3 is 0 Å². The maximum absolute atomic E-state index is 3.80. The van der Waals surface area contributed by atoms with E-state index in [1.807, 2.05) is 30.3 Å². The lowest BCUT2D eigenvalue weighted by atomic mass is 10.3. The van der Waals surface area contributed by atoms with Crippen molar-refractivity contribution in [1.29, 1.82) is 0 Å². The average molecular weight is 162 g/mol. The number of hydrogen-bond acceptors (Lipinski definition) is 3. The Morgan fingerprint density at radius 3 is 2.58 bits per heavy atom. The third-order valence-electron chi connectivity index (χ3n) is 1.56. The molecule has 0 amide bonds. The van der Waals surface area contributed by atoms with Crippen LogP contribution < -0.4 is 4.80 Å². The molecule has 0 saturated carbocycles. The highest BCUT2D eigenvalue weighted by atomic mass is 15.8. The minimum absolute atomic E-state index is 0.949. The Hall–Kier alpha value is -1.78. The molecule has 5 heteroatoms. The van der Waals surface area contributed by atoms with Gasteiger partial charge in [0.2, 0.25) is 10.4 Å². The quantitative estimate of drug-likeness (QED) is 0.530. The third kappa shape index (κ3) is 1.05. The molecule has 2 rings (SSSR count). The predicted octanol–water partition coefficient (Wildman–Crippen LogP) is -0.513. The first kappa shape index (κ1) is 6.90. The van der Waals surface area contributed by atoms with Gasteiger partial charge in [-0.15, -0.1) is 0 Å². The van der Waals surface area contributed by atoms with Crippen LogP contribution in [-0.2, 0) is 7.05 Å². The second-order valence-electron chi connectivity index (χ2n) is 2.38. The smallest absolute Gasteiger partial charge is 0.0641 e. The largest absolute Gasteiger partial charge is 0.231 e. The molecule has 0 radical (unpaired) electrons. The Kier molecular flexibility index (Phi) is 1.55. The SMILES string of the molecule is C[n+]1nnnn1-c1ccccc1. The van der Waals surface area contributed by atoms with E-state index < -0.39 is 0 Å². The number of aryl methyl sites for hydroxylation is 1. The minimum atomic E-state index is 0.949. The van der Waals surface area contributed by atoms with Crippen molar-refractivity contribution in [2.24, 2.45) is 7.05 Å². The fourth-order valence-corrected chi connectivity index (χ4v) is 0.990. The van der Waals surface area contributed by atoms with Crippen LogP contribution in [0.5, 0.6) is 0 Å². The molecule has 5 nitrogen and oxygen atoms in total. The lowest BCUT2D eigenvalue weighted by Crippen LogP contribution is -2.41. The Morgan fingerprint density at radius 1 is 1.25 bits per heavy atom. The van der Waals surface area contributed by atoms with Crippen molar-refractivity contribution in [2.45, 2.75) is 0 Å². The lowest BCUT2D eigenvalue weighted by Gasteiger charge is -1.93. The molecule has 1 aromatic carbocycles. The molecule has 0 spiro atoms. The maximum atomic E-state index is 3.80. The van der Waals surface area contributed by atoms with E-state index in [-0.39, 0.29) is 0 Å². The monoisotopic (exact) mass is 162 g/mol. The molecule has 1 aromatic heterocycles. The molecule has 12 heavy (non-hydrogen) atoms. The van der Waals surface area contributed by atoms with Gasteiger partial charge in [0.05, 0.1) is 0 Å². The average Bonchev–Trinajstić information content (AvgIpc) is 2.53. The molecule has 0 aliphatic heterocycles. The van der Waals surface area contributed by atoms with Gasteiger partial charge in [0.15, 0.2) is 0 Å². The van der Waals surface area contributed by atoms with Crippen LogP contribution in [0.2, 0.25) is 0 Å². The Bertz CT molecular complexity index is 366. The third-order valence-corrected chi connectivity index (χ3v) is 1.56. The molecule has 0 aliphatic rings. The second kappa shape index (κ2) is 2.69. The molecular formula is C7H8N5+. The van der Waals surface area contributed by atoms with Gasteiger partial charge in [-0.1, -0.05) is 23.0 Å². The molecule has 0 fully saturated rings. The van der Waals surface area contributed by atoms with Crippen molar-refractivity contribution < 1.29 is 4.80 Å². The molecule has 0 N–H and O–H groups in total. The van der Waals surface area contributed by atoms with Gasteiger partial charge in [0.1, 0.15) is 17.9 Å². The summed E-state index contributed by atoms with van der Waals surface area (Å²) in [5.41, 5.74) is 0.949. The molecule has 0 saturated heterocycles. The summed E-state index contributed by atoms with van der Waals surface area (Å²) in [6.07, 6.45) is 0. The van der Waals surface area contributed by atoms with Gasteiger partial charge in [-0.05, 0) is 16.9 Å². The summed E-state index contributed by atoms with van der Waals surface area (Å²) in [5, 5.41) is 11.0. The van der Waals surface area contributed by atoms with Crippen LogP contribution in [0, 0.1) is 0 Å². The van der Waals surface area contributed by atoms with E-state index in [4.69, 9.17) is 0 Å². The molecule has 1 heterocycles. The van der Waals surface area contributed by atoms with Crippen molar-refractivity contribution in [2.75, 3.05) is 0 Å². The summed E-state index contributed by atoms with van der Waals surface area (Å²) >= 11 is 0. The molecule has 0 aliphatic carbocycles. The van der Waals surface area contributed by atoms with Crippen molar-refractivity contribution in [1.82, 2.24) is 20.4 Å². The molecule has 2 aromatic rings. The van der Waals surface area contributed by atoms with Gasteiger partial charge in [0.25, 0.3) is 0 Å². The van der Waals surface area contributed by atoms with Gasteiger partial charge in [-0.3, -0.25) is 0 Å². The molecule has 0 atom stereocenters. The molecule has 0 bridgehead atoms. The fraction of sp³-hybridized carbons (Fsp3) is 0.143. The van der Waals surface area contributed by atoms with Crippen molar-refractivity contribution in [3.63, 3.8) is 0 Å². The summed E-state index contributed by atoms with van der Waals surface area (Å²) in [4.78, 5) is 3.18. The Labute approximate surface area is 69.2 Å². The van der Waals surface area contributed by atoms with E-state index in [1.54, 1.807) is 16.6 Å². The topological polar surface area (TPSA) is 47.5 Å². The van der Waals surface area contributed by atoms with Crippen LogP contribution >= 0.6 is 0 Å². The zero-order valence-corrected chi connectivity index (χ0v) is 6.62. The minimum Gasteiger partial charge on any atom is -0.0641 e. The summed E-state index contributed by atoms with van der Waals surface area (Å²) in [6.45, 7) is 0. The van der Waals surface area contributed by atoms with Crippen LogP contribution in [0.1, 0.15) is 0 Å². The van der Waals surface area contributed by atoms with E-state index in [0.717, 1.165) is 5.69 Å². The van der Waals surface area contributed by atoms with Gasteiger partial charge in [-0.2, -0.15) is 0 Å². The first-order valence-electron chi connectivity index (χ1n) is 3.58. The van der Waals surface area contributed by atoms with Crippen LogP contribution in [-0.4, -0.2) is 20.4 Å². The number of hydrogen-bond donors (Lipinski definition) is 0. The summed E-state index contributed by atoms with van der Waals surface area (Å²) in [6, 6.07) is 9.72. The molecular weight excluding hydrogens is 154 g/mol. The highest BCUT2D eigenvalue weighted by Crippen LogP contribution is 1.99. The zero-order chi connectivity index (χ0) is 8.39. The van der Waals surface area contributed by atoms with E-state index >= 15 is 0 Å². The summed E-state index contributed by atoms with van der Waals surface area (Å²) < 4.78 is 0. The summed E-state index contributed by atoms with van der Waals surface area (Å²) in [5.74, 6) is 0. The van der Waals surface area contributed by atoms with E-state index in [2.05, 4.69) is 15.6 Å². The lowest BCUT2D eigenvalue weighted by molar-refractivity contribution is -0.802. The van der Waals surface area contributed by atoms with Crippen LogP contribution in [0.25, 0.3) is 5.69 Å². The predicted molar refractivity (Wildman–Crippen MR) is 40.3 cm³/mol. The van der Waals surface area contributed by atoms with Crippen LogP contribution in [0.4, 0.5) is 0 Å². The van der Waals surface area contributed by atoms with E-state index in [1.165, 1.54) is 0 Å². The highest BCUT2D eigenvalue weighted by molar-refractivity contribution is 5.26. The van der Waals surface area contributed by atoms with Gasteiger partial charge in [-0.25, -0.2) is 0 Å². The van der Waals surface area contributed by atoms with E-state index in [9.17, 15) is 0 Å². The van der Waals surface area contributed by atoms with Gasteiger partial charge in [0, 0.05) is 0 Å². The number of nitrogens with zero attached hydrogens (tertiary/aromatic N) is 5. The van der Waals surface area contributed by atoms with Gasteiger partial charge >= 0.3 is 0 Å². The number of para-hydroxylation sites is 1. The first-order chi connectivity index (χ1) is 5.88. The highest BCUT2D eigenvalue weighted by Gasteiger charge is 2.08. The van der Waals surface area contributed by atoms with Crippen molar-refractivity contribution in [3.8, 4) is 5.69 Å². The zero-order valence-electron chi connectivity index (χ0n) is 6.62. The van der Waals surface area contributed by atoms with Crippen LogP contribution in [0.15, 0.2) is 30.3 Å². The standard InChI is InChI=1S/C7H8N5/c1-11-9-8-10-12(11)7-5-3-2-4-6-7/h2-6H,1H3/q+1. The molecule has 0 unspecified atom stereocenters. The van der Waals surface area contributed by atoms with Crippen molar-refractivity contribution >= 4 is 0 Å². The van der Waals surface area contributed by atoms with Crippen LogP contribution in [0.3, 0.4) is 0 Å². The first-order valence-corrected chi connectivity index (χ1v) is 3.58. The Balaban J connectivity index is 2.51. The van der Waals surface area contributed by atoms with E-state index in [0.29, 0.717) is 0 Å². The number of benzene rings is 1. The maximum Gasteiger partial charge on any atom is 0.231 e. The normalized spacial score (nSPS) is 10.1. The second-order valence-corrected chi connectivity index (χ2v) is 2.38. The van der Waals surface area contributed by atoms with Crippen molar-refractivity contribution in [3.05, 3.63) is 30.3 Å². The summed E-state index contributed by atoms with van der Waals surface area (Å²) in [7, 11) is 1.78. The number of aromatic nitrogens is 5. The molecule has 60 valence electrons. The number of rotatable bonds is 1.